The minimum Gasteiger partial charge on any atom is -0.260 e. The van der Waals surface area contributed by atoms with Crippen LogP contribution in [0.5, 0.6) is 0 Å². The predicted octanol–water partition coefficient (Wildman–Crippen LogP) is 20.9. The van der Waals surface area contributed by atoms with Crippen LogP contribution in [-0.4, -0.2) is 15.0 Å². The SMILES string of the molecule is CC1(C)CC(C)(C)C2=CC(c3ccc(-c4ccccc4-c4cc(-c5ccccc5-c5ccc(-c6ccc7c(c6)C(C)(C)CC7(C)C)nc5)cc(-c5ccccc5-c5ccc(-c6ccc7c(c6)C(C)(C)CC7(C)C)nc5)c4)cn3)CC=C21. The second-order valence-electron chi connectivity index (χ2n) is 28.2. The lowest BCUT2D eigenvalue weighted by atomic mass is 9.79. The van der Waals surface area contributed by atoms with Crippen molar-refractivity contribution in [2.45, 2.75) is 136 Å². The number of aromatic nitrogens is 3. The van der Waals surface area contributed by atoms with E-state index in [2.05, 4.69) is 278 Å². The number of hydrogen-bond acceptors (Lipinski definition) is 3. The molecule has 1 fully saturated rings. The molecule has 3 heterocycles. The van der Waals surface area contributed by atoms with E-state index in [1.807, 2.05) is 0 Å². The summed E-state index contributed by atoms with van der Waals surface area (Å²) in [5, 5.41) is 0. The van der Waals surface area contributed by atoms with Gasteiger partial charge in [-0.3, -0.25) is 15.0 Å². The van der Waals surface area contributed by atoms with Crippen molar-refractivity contribution >= 4 is 0 Å². The summed E-state index contributed by atoms with van der Waals surface area (Å²) in [5.41, 5.74) is 28.7. The molecule has 81 heavy (non-hydrogen) atoms. The summed E-state index contributed by atoms with van der Waals surface area (Å²) in [6.45, 7) is 28.7. The van der Waals surface area contributed by atoms with Crippen molar-refractivity contribution < 1.29 is 0 Å². The van der Waals surface area contributed by atoms with Crippen LogP contribution in [0, 0.1) is 10.8 Å². The first-order valence-corrected chi connectivity index (χ1v) is 29.6. The van der Waals surface area contributed by atoms with E-state index in [0.717, 1.165) is 103 Å². The zero-order chi connectivity index (χ0) is 56.4. The summed E-state index contributed by atoms with van der Waals surface area (Å²) < 4.78 is 0. The lowest BCUT2D eigenvalue weighted by molar-refractivity contribution is 0.338. The highest BCUT2D eigenvalue weighted by Crippen LogP contribution is 2.59. The summed E-state index contributed by atoms with van der Waals surface area (Å²) in [7, 11) is 0. The maximum Gasteiger partial charge on any atom is 0.0702 e. The van der Waals surface area contributed by atoms with Crippen LogP contribution in [0.15, 0.2) is 206 Å². The number of hydrogen-bond donors (Lipinski definition) is 0. The molecule has 1 atom stereocenters. The molecule has 3 aromatic heterocycles. The van der Waals surface area contributed by atoms with Gasteiger partial charge in [-0.05, 0) is 190 Å². The van der Waals surface area contributed by atoms with Gasteiger partial charge in [-0.2, -0.15) is 0 Å². The van der Waals surface area contributed by atoms with E-state index in [4.69, 9.17) is 15.0 Å². The van der Waals surface area contributed by atoms with Gasteiger partial charge in [-0.15, -0.1) is 0 Å². The molecular weight excluding hydrogens is 979 g/mol. The van der Waals surface area contributed by atoms with Crippen molar-refractivity contribution in [1.82, 2.24) is 15.0 Å². The van der Waals surface area contributed by atoms with Gasteiger partial charge in [0.2, 0.25) is 0 Å². The van der Waals surface area contributed by atoms with Gasteiger partial charge in [0.15, 0.2) is 0 Å². The third-order valence-electron chi connectivity index (χ3n) is 19.2. The zero-order valence-corrected chi connectivity index (χ0v) is 49.7. The van der Waals surface area contributed by atoms with E-state index >= 15 is 0 Å². The van der Waals surface area contributed by atoms with Crippen molar-refractivity contribution in [3.63, 3.8) is 0 Å². The van der Waals surface area contributed by atoms with Crippen LogP contribution < -0.4 is 0 Å². The Kier molecular flexibility index (Phi) is 12.3. The molecule has 4 aliphatic carbocycles. The zero-order valence-electron chi connectivity index (χ0n) is 49.7. The average Bonchev–Trinajstić information content (AvgIpc) is 4.14. The second-order valence-corrected chi connectivity index (χ2v) is 28.2. The minimum absolute atomic E-state index is 0.115. The van der Waals surface area contributed by atoms with Crippen LogP contribution in [0.2, 0.25) is 0 Å². The van der Waals surface area contributed by atoms with Crippen molar-refractivity contribution in [2.24, 2.45) is 10.8 Å². The first-order valence-electron chi connectivity index (χ1n) is 29.6. The van der Waals surface area contributed by atoms with E-state index in [9.17, 15) is 0 Å². The molecule has 0 radical (unpaired) electrons. The summed E-state index contributed by atoms with van der Waals surface area (Å²) in [6, 6.07) is 61.2. The molecule has 3 nitrogen and oxygen atoms in total. The van der Waals surface area contributed by atoms with E-state index in [0.29, 0.717) is 0 Å². The normalized spacial score (nSPS) is 19.3. The highest BCUT2D eigenvalue weighted by atomic mass is 14.7. The van der Waals surface area contributed by atoms with Gasteiger partial charge in [-0.1, -0.05) is 210 Å². The molecule has 6 aromatic carbocycles. The molecule has 0 aliphatic heterocycles. The Morgan fingerprint density at radius 3 is 1.04 bits per heavy atom. The fourth-order valence-electron chi connectivity index (χ4n) is 16.0. The quantitative estimate of drug-likeness (QED) is 0.145. The number of nitrogens with zero attached hydrogens (tertiary/aromatic N) is 3. The van der Waals surface area contributed by atoms with Gasteiger partial charge >= 0.3 is 0 Å². The van der Waals surface area contributed by atoms with Crippen LogP contribution in [0.25, 0.3) is 89.3 Å². The van der Waals surface area contributed by atoms with Gasteiger partial charge < -0.3 is 0 Å². The van der Waals surface area contributed by atoms with Crippen molar-refractivity contribution in [2.75, 3.05) is 0 Å². The molecule has 0 bridgehead atoms. The fraction of sp³-hybridized carbons (Fsp3) is 0.295. The molecule has 3 heteroatoms. The van der Waals surface area contributed by atoms with Gasteiger partial charge in [0.05, 0.1) is 11.4 Å². The highest BCUT2D eigenvalue weighted by molar-refractivity contribution is 5.94. The van der Waals surface area contributed by atoms with E-state index in [1.165, 1.54) is 50.9 Å². The molecule has 0 saturated heterocycles. The minimum atomic E-state index is 0.115. The molecule has 9 aromatic rings. The van der Waals surface area contributed by atoms with Crippen LogP contribution in [0.4, 0.5) is 0 Å². The van der Waals surface area contributed by atoms with Gasteiger partial charge in [-0.25, -0.2) is 0 Å². The Hall–Kier alpha value is -7.75. The third kappa shape index (κ3) is 9.26. The lowest BCUT2D eigenvalue weighted by Gasteiger charge is -2.26. The van der Waals surface area contributed by atoms with Crippen molar-refractivity contribution in [1.29, 1.82) is 0 Å². The number of benzene rings is 6. The van der Waals surface area contributed by atoms with Gasteiger partial charge in [0.25, 0.3) is 0 Å². The third-order valence-corrected chi connectivity index (χ3v) is 19.2. The van der Waals surface area contributed by atoms with Crippen LogP contribution >= 0.6 is 0 Å². The maximum atomic E-state index is 5.25. The molecule has 0 spiro atoms. The second kappa shape index (κ2) is 18.9. The monoisotopic (exact) mass is 1060 g/mol. The lowest BCUT2D eigenvalue weighted by Crippen LogP contribution is -2.18. The standard InChI is InChI=1S/C78H77N3/c1-73(2)46-76(7,8)67-40-49(25-31-64(67)73)70-34-28-52(43-79-70)58-19-13-16-22-61(58)55-37-56(62-23-17-14-20-59(62)53-29-35-71(80-44-53)50-26-32-65-68(41-50)77(9,10)47-74(65,3)4)39-57(38-55)63-24-18-15-21-60(63)54-30-36-72(81-45-54)51-27-33-66-69(42-51)78(11,12)48-75(66,5)6/h13-26,28-45,51H,27,46-48H2,1-12H3. The Morgan fingerprint density at radius 2 is 0.654 bits per heavy atom. The molecular formula is C78H77N3. The smallest absolute Gasteiger partial charge is 0.0702 e. The van der Waals surface area contributed by atoms with Gasteiger partial charge in [0.1, 0.15) is 0 Å². The van der Waals surface area contributed by atoms with Crippen molar-refractivity contribution in [3.05, 3.63) is 234 Å². The summed E-state index contributed by atoms with van der Waals surface area (Å²) in [4.78, 5) is 15.6. The summed E-state index contributed by atoms with van der Waals surface area (Å²) in [6.07, 6.45) is 15.7. The highest BCUT2D eigenvalue weighted by Gasteiger charge is 2.46. The number of rotatable bonds is 9. The number of pyridine rings is 3. The van der Waals surface area contributed by atoms with E-state index in [-0.39, 0.29) is 38.4 Å². The predicted molar refractivity (Wildman–Crippen MR) is 340 cm³/mol. The van der Waals surface area contributed by atoms with E-state index in [1.54, 1.807) is 0 Å². The summed E-state index contributed by atoms with van der Waals surface area (Å²) in [5.74, 6) is 0.261. The molecule has 0 amide bonds. The molecule has 404 valence electrons. The topological polar surface area (TPSA) is 38.7 Å². The molecule has 13 rings (SSSR count). The fourth-order valence-corrected chi connectivity index (χ4v) is 16.0. The Labute approximate surface area is 482 Å². The van der Waals surface area contributed by atoms with E-state index < -0.39 is 0 Å². The van der Waals surface area contributed by atoms with Crippen LogP contribution in [0.1, 0.15) is 143 Å². The average molecular weight is 1060 g/mol. The molecule has 1 saturated carbocycles. The number of allylic oxidation sites excluding steroid dienone is 4. The Morgan fingerprint density at radius 1 is 0.309 bits per heavy atom. The largest absolute Gasteiger partial charge is 0.260 e. The van der Waals surface area contributed by atoms with Crippen LogP contribution in [0.3, 0.4) is 0 Å². The number of fused-ring (bicyclic) bond motifs is 3. The molecule has 4 aliphatic rings. The first-order chi connectivity index (χ1) is 38.6. The van der Waals surface area contributed by atoms with Gasteiger partial charge in [0, 0.05) is 58.0 Å². The Balaban J connectivity index is 0.897. The van der Waals surface area contributed by atoms with Crippen LogP contribution in [-0.2, 0) is 21.7 Å². The summed E-state index contributed by atoms with van der Waals surface area (Å²) >= 11 is 0. The Bertz CT molecular complexity index is 3840. The first kappa shape index (κ1) is 52.6. The maximum absolute atomic E-state index is 5.25. The molecule has 1 unspecified atom stereocenters. The molecule has 0 N–H and O–H groups in total. The van der Waals surface area contributed by atoms with Crippen molar-refractivity contribution in [3.8, 4) is 89.3 Å².